The Labute approximate surface area is 128 Å². The number of hydrogen-bond donors (Lipinski definition) is 2. The average molecular weight is 295 g/mol. The van der Waals surface area contributed by atoms with Crippen LogP contribution in [0.3, 0.4) is 0 Å². The second kappa shape index (κ2) is 5.40. The second-order valence-electron chi connectivity index (χ2n) is 5.17. The number of phenols is 1. The fraction of sp³-hybridized carbons (Fsp3) is 0.125. The van der Waals surface area contributed by atoms with Crippen LogP contribution in [0.2, 0.25) is 0 Å². The van der Waals surface area contributed by atoms with Crippen LogP contribution in [0.15, 0.2) is 48.5 Å². The molecule has 0 unspecified atom stereocenters. The Hall–Kier alpha value is -3.02. The zero-order chi connectivity index (χ0) is 15.7. The molecule has 2 aromatic carbocycles. The third kappa shape index (κ3) is 2.35. The molecule has 112 valence electrons. The van der Waals surface area contributed by atoms with Crippen molar-refractivity contribution in [1.29, 1.82) is 0 Å². The molecular weight excluding hydrogens is 278 g/mol. The molecule has 3 rings (SSSR count). The summed E-state index contributed by atoms with van der Waals surface area (Å²) in [6, 6.07) is 14.8. The number of aromatic hydroxyl groups is 1. The highest BCUT2D eigenvalue weighted by atomic mass is 16.3. The molecule has 0 fully saturated rings. The molecule has 3 N–H and O–H groups in total. The lowest BCUT2D eigenvalue weighted by Gasteiger charge is -2.12. The van der Waals surface area contributed by atoms with E-state index in [1.807, 2.05) is 49.3 Å². The summed E-state index contributed by atoms with van der Waals surface area (Å²) in [5.74, 6) is 0.493. The van der Waals surface area contributed by atoms with Gasteiger partial charge < -0.3 is 15.7 Å². The summed E-state index contributed by atoms with van der Waals surface area (Å²) in [5, 5.41) is 18.1. The topological polar surface area (TPSA) is 80.2 Å². The summed E-state index contributed by atoms with van der Waals surface area (Å²) in [6.45, 7) is 0. The van der Waals surface area contributed by atoms with Gasteiger partial charge in [-0.15, -0.1) is 5.10 Å². The van der Waals surface area contributed by atoms with Crippen LogP contribution >= 0.6 is 0 Å². The highest BCUT2D eigenvalue weighted by Crippen LogP contribution is 2.29. The molecule has 0 atom stereocenters. The van der Waals surface area contributed by atoms with E-state index in [0.29, 0.717) is 17.2 Å². The van der Waals surface area contributed by atoms with Crippen molar-refractivity contribution in [3.05, 3.63) is 48.5 Å². The van der Waals surface area contributed by atoms with Crippen LogP contribution in [0, 0.1) is 0 Å². The first-order valence-corrected chi connectivity index (χ1v) is 6.85. The Morgan fingerprint density at radius 1 is 1.05 bits per heavy atom. The molecule has 0 saturated heterocycles. The Bertz CT molecular complexity index is 793. The maximum Gasteiger partial charge on any atom is 0.156 e. The van der Waals surface area contributed by atoms with Gasteiger partial charge in [-0.05, 0) is 24.3 Å². The molecule has 3 aromatic rings. The lowest BCUT2D eigenvalue weighted by Crippen LogP contribution is -2.08. The fourth-order valence-corrected chi connectivity index (χ4v) is 2.23. The molecule has 6 heteroatoms. The third-order valence-electron chi connectivity index (χ3n) is 3.47. The molecule has 22 heavy (non-hydrogen) atoms. The van der Waals surface area contributed by atoms with Gasteiger partial charge in [-0.3, -0.25) is 0 Å². The van der Waals surface area contributed by atoms with E-state index in [2.05, 4.69) is 10.3 Å². The first kappa shape index (κ1) is 13.9. The maximum absolute atomic E-state index is 9.92. The summed E-state index contributed by atoms with van der Waals surface area (Å²) in [5.41, 5.74) is 9.22. The SMILES string of the molecule is CN(C)c1ccc(-c2nnn(-c3ccccc3O)c2N)cc1. The summed E-state index contributed by atoms with van der Waals surface area (Å²) in [7, 11) is 3.97. The van der Waals surface area contributed by atoms with Crippen molar-refractivity contribution in [2.45, 2.75) is 0 Å². The Morgan fingerprint density at radius 3 is 2.36 bits per heavy atom. The number of aromatic nitrogens is 3. The van der Waals surface area contributed by atoms with Crippen LogP contribution in [-0.4, -0.2) is 34.2 Å². The number of nitrogens with zero attached hydrogens (tertiary/aromatic N) is 4. The highest BCUT2D eigenvalue weighted by Gasteiger charge is 2.15. The molecule has 0 aliphatic carbocycles. The smallest absolute Gasteiger partial charge is 0.156 e. The molecule has 0 amide bonds. The van der Waals surface area contributed by atoms with Gasteiger partial charge in [0.2, 0.25) is 0 Å². The van der Waals surface area contributed by atoms with Crippen molar-refractivity contribution in [1.82, 2.24) is 15.0 Å². The van der Waals surface area contributed by atoms with Crippen LogP contribution in [0.4, 0.5) is 11.5 Å². The first-order valence-electron chi connectivity index (χ1n) is 6.85. The van der Waals surface area contributed by atoms with Crippen LogP contribution in [0.1, 0.15) is 0 Å². The standard InChI is InChI=1S/C16H17N5O/c1-20(2)12-9-7-11(8-10-12)15-16(17)21(19-18-15)13-5-3-4-6-14(13)22/h3-10,22H,17H2,1-2H3. The third-order valence-corrected chi connectivity index (χ3v) is 3.47. The lowest BCUT2D eigenvalue weighted by atomic mass is 10.1. The first-order chi connectivity index (χ1) is 10.6. The van der Waals surface area contributed by atoms with Gasteiger partial charge in [-0.2, -0.15) is 4.68 Å². The van der Waals surface area contributed by atoms with Crippen molar-refractivity contribution < 1.29 is 5.11 Å². The summed E-state index contributed by atoms with van der Waals surface area (Å²) in [6.07, 6.45) is 0. The molecule has 1 heterocycles. The van der Waals surface area contributed by atoms with Crippen LogP contribution in [0.5, 0.6) is 5.75 Å². The molecule has 0 spiro atoms. The largest absolute Gasteiger partial charge is 0.506 e. The minimum absolute atomic E-state index is 0.105. The van der Waals surface area contributed by atoms with Gasteiger partial charge in [0.05, 0.1) is 0 Å². The summed E-state index contributed by atoms with van der Waals surface area (Å²) >= 11 is 0. The van der Waals surface area contributed by atoms with Crippen molar-refractivity contribution in [3.8, 4) is 22.7 Å². The molecule has 0 aliphatic rings. The predicted molar refractivity (Wildman–Crippen MR) is 87.2 cm³/mol. The van der Waals surface area contributed by atoms with Crippen LogP contribution in [0.25, 0.3) is 16.9 Å². The van der Waals surface area contributed by atoms with Gasteiger partial charge in [0.25, 0.3) is 0 Å². The number of nitrogen functional groups attached to an aromatic ring is 1. The molecule has 0 saturated carbocycles. The number of benzene rings is 2. The van der Waals surface area contributed by atoms with E-state index in [-0.39, 0.29) is 5.75 Å². The van der Waals surface area contributed by atoms with E-state index in [4.69, 9.17) is 5.73 Å². The zero-order valence-electron chi connectivity index (χ0n) is 12.4. The summed E-state index contributed by atoms with van der Waals surface area (Å²) in [4.78, 5) is 2.02. The number of phenolic OH excluding ortho intramolecular Hbond substituents is 1. The monoisotopic (exact) mass is 295 g/mol. The Morgan fingerprint density at radius 2 is 1.73 bits per heavy atom. The highest BCUT2D eigenvalue weighted by molar-refractivity contribution is 5.72. The van der Waals surface area contributed by atoms with Crippen LogP contribution < -0.4 is 10.6 Å². The zero-order valence-corrected chi connectivity index (χ0v) is 12.4. The van der Waals surface area contributed by atoms with Gasteiger partial charge in [0.1, 0.15) is 17.1 Å². The number of anilines is 2. The van der Waals surface area contributed by atoms with E-state index in [1.165, 1.54) is 4.68 Å². The molecule has 6 nitrogen and oxygen atoms in total. The predicted octanol–water partition coefficient (Wildman–Crippen LogP) is 2.29. The van der Waals surface area contributed by atoms with Crippen molar-refractivity contribution in [2.24, 2.45) is 0 Å². The van der Waals surface area contributed by atoms with E-state index >= 15 is 0 Å². The number of para-hydroxylation sites is 2. The van der Waals surface area contributed by atoms with Crippen molar-refractivity contribution in [3.63, 3.8) is 0 Å². The van der Waals surface area contributed by atoms with Gasteiger partial charge in [0.15, 0.2) is 5.82 Å². The average Bonchev–Trinajstić information content (AvgIpc) is 2.89. The van der Waals surface area contributed by atoms with E-state index in [1.54, 1.807) is 18.2 Å². The van der Waals surface area contributed by atoms with E-state index in [9.17, 15) is 5.11 Å². The number of nitrogens with two attached hydrogens (primary N) is 1. The normalized spacial score (nSPS) is 10.6. The maximum atomic E-state index is 9.92. The Balaban J connectivity index is 2.02. The number of rotatable bonds is 3. The quantitative estimate of drug-likeness (QED) is 0.775. The van der Waals surface area contributed by atoms with E-state index < -0.39 is 0 Å². The number of hydrogen-bond acceptors (Lipinski definition) is 5. The van der Waals surface area contributed by atoms with Crippen LogP contribution in [-0.2, 0) is 0 Å². The molecule has 1 aromatic heterocycles. The molecule has 0 aliphatic heterocycles. The minimum atomic E-state index is 0.105. The van der Waals surface area contributed by atoms with Crippen molar-refractivity contribution in [2.75, 3.05) is 24.7 Å². The molecule has 0 radical (unpaired) electrons. The second-order valence-corrected chi connectivity index (χ2v) is 5.17. The fourth-order valence-electron chi connectivity index (χ4n) is 2.23. The van der Waals surface area contributed by atoms with E-state index in [0.717, 1.165) is 11.3 Å². The molecular formula is C16H17N5O. The lowest BCUT2D eigenvalue weighted by molar-refractivity contribution is 0.470. The summed E-state index contributed by atoms with van der Waals surface area (Å²) < 4.78 is 1.44. The van der Waals surface area contributed by atoms with Gasteiger partial charge in [-0.25, -0.2) is 0 Å². The minimum Gasteiger partial charge on any atom is -0.506 e. The van der Waals surface area contributed by atoms with Gasteiger partial charge >= 0.3 is 0 Å². The van der Waals surface area contributed by atoms with Gasteiger partial charge in [-0.1, -0.05) is 29.5 Å². The molecule has 0 bridgehead atoms. The van der Waals surface area contributed by atoms with Crippen molar-refractivity contribution >= 4 is 11.5 Å². The Kier molecular flexibility index (Phi) is 3.42. The van der Waals surface area contributed by atoms with Gasteiger partial charge in [0, 0.05) is 25.3 Å².